The Morgan fingerprint density at radius 2 is 1.83 bits per heavy atom. The lowest BCUT2D eigenvalue weighted by Gasteiger charge is -2.09. The molecular formula is C12H12N4O2. The fraction of sp³-hybridized carbons (Fsp3) is 0.167. The molecule has 0 saturated heterocycles. The molecule has 0 radical (unpaired) electrons. The topological polar surface area (TPSA) is 94.9 Å². The van der Waals surface area contributed by atoms with E-state index < -0.39 is 4.92 Å². The van der Waals surface area contributed by atoms with Gasteiger partial charge >= 0.3 is 0 Å². The van der Waals surface area contributed by atoms with Crippen molar-refractivity contribution in [2.24, 2.45) is 5.73 Å². The minimum Gasteiger partial charge on any atom is -0.321 e. The lowest BCUT2D eigenvalue weighted by molar-refractivity contribution is -0.384. The van der Waals surface area contributed by atoms with Crippen LogP contribution in [0.2, 0.25) is 0 Å². The van der Waals surface area contributed by atoms with Gasteiger partial charge in [-0.2, -0.15) is 0 Å². The molecule has 6 heteroatoms. The second kappa shape index (κ2) is 5.33. The van der Waals surface area contributed by atoms with E-state index in [1.807, 2.05) is 0 Å². The summed E-state index contributed by atoms with van der Waals surface area (Å²) < 4.78 is 0. The van der Waals surface area contributed by atoms with Gasteiger partial charge in [0.15, 0.2) is 0 Å². The van der Waals surface area contributed by atoms with Gasteiger partial charge in [-0.05, 0) is 18.1 Å². The molecule has 2 aromatic rings. The average molecular weight is 244 g/mol. The van der Waals surface area contributed by atoms with Gasteiger partial charge < -0.3 is 5.73 Å². The zero-order valence-electron chi connectivity index (χ0n) is 9.56. The second-order valence-corrected chi connectivity index (χ2v) is 3.84. The summed E-state index contributed by atoms with van der Waals surface area (Å²) in [6.07, 6.45) is 3.82. The molecule has 0 aliphatic heterocycles. The number of nitro benzene ring substituents is 1. The maximum Gasteiger partial charge on any atom is 0.269 e. The lowest BCUT2D eigenvalue weighted by atomic mass is 10.1. The van der Waals surface area contributed by atoms with Gasteiger partial charge in [0.05, 0.1) is 11.0 Å². The van der Waals surface area contributed by atoms with E-state index in [9.17, 15) is 10.1 Å². The maximum atomic E-state index is 10.5. The predicted molar refractivity (Wildman–Crippen MR) is 65.8 cm³/mol. The molecule has 0 fully saturated rings. The van der Waals surface area contributed by atoms with Crippen LogP contribution in [0.1, 0.15) is 17.4 Å². The van der Waals surface area contributed by atoms with Gasteiger partial charge in [0, 0.05) is 24.5 Å². The summed E-state index contributed by atoms with van der Waals surface area (Å²) in [6.45, 7) is 0. The fourth-order valence-electron chi connectivity index (χ4n) is 1.60. The van der Waals surface area contributed by atoms with E-state index in [0.29, 0.717) is 12.2 Å². The van der Waals surface area contributed by atoms with E-state index in [-0.39, 0.29) is 11.7 Å². The molecule has 2 rings (SSSR count). The van der Waals surface area contributed by atoms with Crippen LogP contribution in [0.5, 0.6) is 0 Å². The van der Waals surface area contributed by atoms with Crippen LogP contribution in [0.4, 0.5) is 5.69 Å². The molecule has 1 aromatic carbocycles. The first-order valence-corrected chi connectivity index (χ1v) is 5.42. The van der Waals surface area contributed by atoms with Gasteiger partial charge in [0.25, 0.3) is 5.69 Å². The molecular weight excluding hydrogens is 232 g/mol. The summed E-state index contributed by atoms with van der Waals surface area (Å²) in [6, 6.07) is 7.74. The van der Waals surface area contributed by atoms with Gasteiger partial charge in [0.2, 0.25) is 0 Å². The minimum atomic E-state index is -0.427. The van der Waals surface area contributed by atoms with Crippen LogP contribution in [-0.2, 0) is 6.42 Å². The zero-order valence-corrected chi connectivity index (χ0v) is 9.56. The Morgan fingerprint density at radius 3 is 2.39 bits per heavy atom. The van der Waals surface area contributed by atoms with Crippen molar-refractivity contribution < 1.29 is 4.92 Å². The fourth-order valence-corrected chi connectivity index (χ4v) is 1.60. The van der Waals surface area contributed by atoms with E-state index in [1.165, 1.54) is 12.1 Å². The quantitative estimate of drug-likeness (QED) is 0.651. The molecule has 0 saturated carbocycles. The lowest BCUT2D eigenvalue weighted by Crippen LogP contribution is -2.16. The SMILES string of the molecule is N[C@@H](Cc1ccc([N+](=O)[O-])cc1)c1ncccn1. The molecule has 0 spiro atoms. The second-order valence-electron chi connectivity index (χ2n) is 3.84. The van der Waals surface area contributed by atoms with E-state index in [2.05, 4.69) is 9.97 Å². The van der Waals surface area contributed by atoms with Crippen LogP contribution < -0.4 is 5.73 Å². The molecule has 0 bridgehead atoms. The highest BCUT2D eigenvalue weighted by atomic mass is 16.6. The van der Waals surface area contributed by atoms with Gasteiger partial charge in [0.1, 0.15) is 5.82 Å². The van der Waals surface area contributed by atoms with Crippen molar-refractivity contribution in [3.63, 3.8) is 0 Å². The van der Waals surface area contributed by atoms with Gasteiger partial charge in [-0.15, -0.1) is 0 Å². The monoisotopic (exact) mass is 244 g/mol. The number of nitrogens with zero attached hydrogens (tertiary/aromatic N) is 3. The Kier molecular flexibility index (Phi) is 3.59. The Bertz CT molecular complexity index is 528. The number of benzene rings is 1. The number of rotatable bonds is 4. The number of nitro groups is 1. The maximum absolute atomic E-state index is 10.5. The molecule has 92 valence electrons. The Morgan fingerprint density at radius 1 is 1.22 bits per heavy atom. The van der Waals surface area contributed by atoms with Crippen molar-refractivity contribution >= 4 is 5.69 Å². The molecule has 18 heavy (non-hydrogen) atoms. The van der Waals surface area contributed by atoms with Crippen molar-refractivity contribution in [1.29, 1.82) is 0 Å². The summed E-state index contributed by atoms with van der Waals surface area (Å²) in [7, 11) is 0. The van der Waals surface area contributed by atoms with Crippen LogP contribution in [-0.4, -0.2) is 14.9 Å². The highest BCUT2D eigenvalue weighted by Gasteiger charge is 2.10. The van der Waals surface area contributed by atoms with E-state index >= 15 is 0 Å². The zero-order chi connectivity index (χ0) is 13.0. The third-order valence-electron chi connectivity index (χ3n) is 2.52. The smallest absolute Gasteiger partial charge is 0.269 e. The van der Waals surface area contributed by atoms with E-state index in [0.717, 1.165) is 5.56 Å². The van der Waals surface area contributed by atoms with Gasteiger partial charge in [-0.25, -0.2) is 9.97 Å². The first-order valence-electron chi connectivity index (χ1n) is 5.42. The highest BCUT2D eigenvalue weighted by molar-refractivity contribution is 5.33. The third-order valence-corrected chi connectivity index (χ3v) is 2.52. The molecule has 0 aliphatic rings. The van der Waals surface area contributed by atoms with Crippen LogP contribution in [0, 0.1) is 10.1 Å². The Labute approximate surface area is 104 Å². The first-order chi connectivity index (χ1) is 8.66. The Hall–Kier alpha value is -2.34. The summed E-state index contributed by atoms with van der Waals surface area (Å²) in [5, 5.41) is 10.5. The molecule has 6 nitrogen and oxygen atoms in total. The number of non-ortho nitro benzene ring substituents is 1. The summed E-state index contributed by atoms with van der Waals surface area (Å²) >= 11 is 0. The van der Waals surface area contributed by atoms with Crippen molar-refractivity contribution in [2.45, 2.75) is 12.5 Å². The Balaban J connectivity index is 2.08. The van der Waals surface area contributed by atoms with Crippen molar-refractivity contribution in [2.75, 3.05) is 0 Å². The predicted octanol–water partition coefficient (Wildman–Crippen LogP) is 1.63. The summed E-state index contributed by atoms with van der Waals surface area (Å²) in [5.41, 5.74) is 6.96. The molecule has 1 heterocycles. The highest BCUT2D eigenvalue weighted by Crippen LogP contribution is 2.16. The molecule has 0 unspecified atom stereocenters. The molecule has 1 aromatic heterocycles. The molecule has 0 amide bonds. The van der Waals surface area contributed by atoms with E-state index in [4.69, 9.17) is 5.73 Å². The van der Waals surface area contributed by atoms with Gasteiger partial charge in [-0.1, -0.05) is 12.1 Å². The summed E-state index contributed by atoms with van der Waals surface area (Å²) in [5.74, 6) is 0.566. The van der Waals surface area contributed by atoms with E-state index in [1.54, 1.807) is 30.6 Å². The van der Waals surface area contributed by atoms with Crippen molar-refractivity contribution in [3.8, 4) is 0 Å². The largest absolute Gasteiger partial charge is 0.321 e. The third kappa shape index (κ3) is 2.86. The number of hydrogen-bond acceptors (Lipinski definition) is 5. The van der Waals surface area contributed by atoms with Crippen LogP contribution in [0.15, 0.2) is 42.7 Å². The van der Waals surface area contributed by atoms with Crippen molar-refractivity contribution in [3.05, 3.63) is 64.2 Å². The van der Waals surface area contributed by atoms with Crippen LogP contribution in [0.25, 0.3) is 0 Å². The minimum absolute atomic E-state index is 0.0725. The standard InChI is InChI=1S/C12H12N4O2/c13-11(12-14-6-1-7-15-12)8-9-2-4-10(5-3-9)16(17)18/h1-7,11H,8,13H2/t11-/m0/s1. The normalized spacial score (nSPS) is 12.1. The number of nitrogens with two attached hydrogens (primary N) is 1. The number of aromatic nitrogens is 2. The molecule has 0 aliphatic carbocycles. The van der Waals surface area contributed by atoms with Crippen molar-refractivity contribution in [1.82, 2.24) is 9.97 Å². The molecule has 2 N–H and O–H groups in total. The van der Waals surface area contributed by atoms with Crippen LogP contribution in [0.3, 0.4) is 0 Å². The first kappa shape index (κ1) is 12.1. The average Bonchev–Trinajstić information content (AvgIpc) is 2.40. The van der Waals surface area contributed by atoms with Gasteiger partial charge in [-0.3, -0.25) is 10.1 Å². The molecule has 1 atom stereocenters. The number of hydrogen-bond donors (Lipinski definition) is 1. The van der Waals surface area contributed by atoms with Crippen LogP contribution >= 0.6 is 0 Å². The summed E-state index contributed by atoms with van der Waals surface area (Å²) in [4.78, 5) is 18.2.